The first-order valence-corrected chi connectivity index (χ1v) is 6.29. The molecule has 98 valence electrons. The lowest BCUT2D eigenvalue weighted by atomic mass is 9.79. The summed E-state index contributed by atoms with van der Waals surface area (Å²) in [6.07, 6.45) is 0.725. The van der Waals surface area contributed by atoms with Crippen molar-refractivity contribution in [2.45, 2.75) is 20.0 Å². The van der Waals surface area contributed by atoms with Crippen LogP contribution < -0.4 is 5.73 Å². The summed E-state index contributed by atoms with van der Waals surface area (Å²) in [5.74, 6) is 0. The largest absolute Gasteiger partial charge is 0.445 e. The van der Waals surface area contributed by atoms with Gasteiger partial charge in [-0.15, -0.1) is 0 Å². The summed E-state index contributed by atoms with van der Waals surface area (Å²) in [6, 6.07) is 9.71. The first-order chi connectivity index (χ1) is 8.63. The van der Waals surface area contributed by atoms with Crippen LogP contribution in [0.15, 0.2) is 30.3 Å². The maximum absolute atomic E-state index is 11.8. The number of rotatable bonds is 4. The highest BCUT2D eigenvalue weighted by molar-refractivity contribution is 5.69. The third-order valence-electron chi connectivity index (χ3n) is 3.36. The Balaban J connectivity index is 1.74. The second-order valence-corrected chi connectivity index (χ2v) is 5.25. The lowest BCUT2D eigenvalue weighted by Gasteiger charge is -2.47. The lowest BCUT2D eigenvalue weighted by Crippen LogP contribution is -2.57. The first kappa shape index (κ1) is 12.9. The van der Waals surface area contributed by atoms with Crippen LogP contribution in [-0.2, 0) is 11.3 Å². The Morgan fingerprint density at radius 1 is 1.39 bits per heavy atom. The highest BCUT2D eigenvalue weighted by atomic mass is 16.6. The molecule has 1 aromatic rings. The molecule has 4 nitrogen and oxygen atoms in total. The smallest absolute Gasteiger partial charge is 0.410 e. The monoisotopic (exact) mass is 248 g/mol. The minimum absolute atomic E-state index is 0.181. The number of carbonyl (C=O) groups is 1. The Morgan fingerprint density at radius 2 is 2.06 bits per heavy atom. The van der Waals surface area contributed by atoms with E-state index in [1.54, 1.807) is 4.90 Å². The van der Waals surface area contributed by atoms with Gasteiger partial charge in [-0.1, -0.05) is 37.3 Å². The van der Waals surface area contributed by atoms with Gasteiger partial charge in [0, 0.05) is 18.5 Å². The van der Waals surface area contributed by atoms with Gasteiger partial charge in [0.15, 0.2) is 0 Å². The van der Waals surface area contributed by atoms with Crippen LogP contribution in [0.5, 0.6) is 0 Å². The van der Waals surface area contributed by atoms with Crippen molar-refractivity contribution in [2.75, 3.05) is 19.6 Å². The summed E-state index contributed by atoms with van der Waals surface area (Å²) < 4.78 is 5.26. The zero-order valence-corrected chi connectivity index (χ0v) is 10.8. The van der Waals surface area contributed by atoms with Gasteiger partial charge in [0.1, 0.15) is 6.61 Å². The first-order valence-electron chi connectivity index (χ1n) is 6.29. The van der Waals surface area contributed by atoms with Crippen molar-refractivity contribution in [3.63, 3.8) is 0 Å². The molecule has 0 bridgehead atoms. The van der Waals surface area contributed by atoms with E-state index in [4.69, 9.17) is 10.5 Å². The van der Waals surface area contributed by atoms with Gasteiger partial charge in [0.2, 0.25) is 0 Å². The molecule has 1 aliphatic heterocycles. The van der Waals surface area contributed by atoms with E-state index in [0.29, 0.717) is 13.2 Å². The van der Waals surface area contributed by atoms with E-state index in [1.807, 2.05) is 30.3 Å². The van der Waals surface area contributed by atoms with Crippen LogP contribution in [0.1, 0.15) is 18.9 Å². The molecule has 18 heavy (non-hydrogen) atoms. The third-order valence-corrected chi connectivity index (χ3v) is 3.36. The van der Waals surface area contributed by atoms with Crippen LogP contribution in [0, 0.1) is 5.41 Å². The summed E-state index contributed by atoms with van der Waals surface area (Å²) in [4.78, 5) is 13.5. The quantitative estimate of drug-likeness (QED) is 0.886. The average molecular weight is 248 g/mol. The number of ether oxygens (including phenoxy) is 1. The Labute approximate surface area is 108 Å². The topological polar surface area (TPSA) is 55.6 Å². The Morgan fingerprint density at radius 3 is 2.67 bits per heavy atom. The van der Waals surface area contributed by atoms with Crippen LogP contribution in [0.25, 0.3) is 0 Å². The molecular weight excluding hydrogens is 228 g/mol. The average Bonchev–Trinajstić information content (AvgIpc) is 2.34. The van der Waals surface area contributed by atoms with Gasteiger partial charge < -0.3 is 15.4 Å². The van der Waals surface area contributed by atoms with Gasteiger partial charge in [-0.3, -0.25) is 0 Å². The van der Waals surface area contributed by atoms with Gasteiger partial charge >= 0.3 is 6.09 Å². The van der Waals surface area contributed by atoms with Gasteiger partial charge in [-0.05, 0) is 18.5 Å². The van der Waals surface area contributed by atoms with E-state index in [9.17, 15) is 4.79 Å². The molecule has 0 spiro atoms. The molecule has 0 radical (unpaired) electrons. The maximum Gasteiger partial charge on any atom is 0.410 e. The summed E-state index contributed by atoms with van der Waals surface area (Å²) in [6.45, 7) is 4.66. The SMILES string of the molecule is CC1(CCN)CN(C(=O)OCc2ccccc2)C1. The second kappa shape index (κ2) is 5.40. The molecule has 1 fully saturated rings. The van der Waals surface area contributed by atoms with Crippen molar-refractivity contribution >= 4 is 6.09 Å². The number of nitrogens with two attached hydrogens (primary N) is 1. The normalized spacial score (nSPS) is 17.1. The van der Waals surface area contributed by atoms with E-state index in [0.717, 1.165) is 25.1 Å². The van der Waals surface area contributed by atoms with E-state index in [-0.39, 0.29) is 11.5 Å². The Hall–Kier alpha value is -1.55. The number of nitrogens with zero attached hydrogens (tertiary/aromatic N) is 1. The van der Waals surface area contributed by atoms with Crippen LogP contribution in [0.3, 0.4) is 0 Å². The van der Waals surface area contributed by atoms with Crippen LogP contribution in [0.4, 0.5) is 4.79 Å². The fraction of sp³-hybridized carbons (Fsp3) is 0.500. The van der Waals surface area contributed by atoms with Gasteiger partial charge in [-0.2, -0.15) is 0 Å². The van der Waals surface area contributed by atoms with Crippen molar-refractivity contribution in [2.24, 2.45) is 11.1 Å². The molecule has 1 saturated heterocycles. The molecule has 0 saturated carbocycles. The van der Waals surface area contributed by atoms with E-state index in [2.05, 4.69) is 6.92 Å². The third kappa shape index (κ3) is 3.01. The molecule has 2 rings (SSSR count). The fourth-order valence-electron chi connectivity index (χ4n) is 2.32. The molecule has 2 N–H and O–H groups in total. The summed E-state index contributed by atoms with van der Waals surface area (Å²) in [7, 11) is 0. The van der Waals surface area contributed by atoms with Gasteiger partial charge in [-0.25, -0.2) is 4.79 Å². The Kier molecular flexibility index (Phi) is 3.87. The number of likely N-dealkylation sites (tertiary alicyclic amines) is 1. The van der Waals surface area contributed by atoms with Gasteiger partial charge in [0.25, 0.3) is 0 Å². The summed E-state index contributed by atoms with van der Waals surface area (Å²) in [5, 5.41) is 0. The number of hydrogen-bond acceptors (Lipinski definition) is 3. The van der Waals surface area contributed by atoms with E-state index in [1.165, 1.54) is 0 Å². The van der Waals surface area contributed by atoms with Crippen LogP contribution >= 0.6 is 0 Å². The Bertz CT molecular complexity index is 400. The number of carbonyl (C=O) groups excluding carboxylic acids is 1. The zero-order valence-electron chi connectivity index (χ0n) is 10.8. The second-order valence-electron chi connectivity index (χ2n) is 5.25. The van der Waals surface area contributed by atoms with E-state index < -0.39 is 0 Å². The highest BCUT2D eigenvalue weighted by Gasteiger charge is 2.41. The van der Waals surface area contributed by atoms with E-state index >= 15 is 0 Å². The molecule has 0 aromatic heterocycles. The highest BCUT2D eigenvalue weighted by Crippen LogP contribution is 2.33. The van der Waals surface area contributed by atoms with Crippen molar-refractivity contribution in [3.05, 3.63) is 35.9 Å². The standard InChI is InChI=1S/C14H20N2O2/c1-14(7-8-15)10-16(11-14)13(17)18-9-12-5-3-2-4-6-12/h2-6H,7-11,15H2,1H3. The maximum atomic E-state index is 11.8. The lowest BCUT2D eigenvalue weighted by molar-refractivity contribution is 0.00105. The fourth-order valence-corrected chi connectivity index (χ4v) is 2.32. The molecule has 0 aliphatic carbocycles. The number of hydrogen-bond donors (Lipinski definition) is 1. The predicted molar refractivity (Wildman–Crippen MR) is 70.0 cm³/mol. The molecular formula is C14H20N2O2. The molecule has 1 amide bonds. The minimum atomic E-state index is -0.228. The van der Waals surface area contributed by atoms with Crippen LogP contribution in [-0.4, -0.2) is 30.6 Å². The summed E-state index contributed by atoms with van der Waals surface area (Å²) in [5.41, 5.74) is 6.74. The molecule has 1 aromatic carbocycles. The van der Waals surface area contributed by atoms with Crippen molar-refractivity contribution in [3.8, 4) is 0 Å². The molecule has 0 unspecified atom stereocenters. The predicted octanol–water partition coefficient (Wildman–Crippen LogP) is 1.99. The minimum Gasteiger partial charge on any atom is -0.445 e. The number of benzene rings is 1. The van der Waals surface area contributed by atoms with Crippen LogP contribution in [0.2, 0.25) is 0 Å². The van der Waals surface area contributed by atoms with Gasteiger partial charge in [0.05, 0.1) is 0 Å². The molecule has 1 aliphatic rings. The molecule has 4 heteroatoms. The number of amides is 1. The molecule has 0 atom stereocenters. The molecule has 1 heterocycles. The summed E-state index contributed by atoms with van der Waals surface area (Å²) >= 11 is 0. The van der Waals surface area contributed by atoms with Crippen molar-refractivity contribution in [1.82, 2.24) is 4.90 Å². The van der Waals surface area contributed by atoms with Crippen molar-refractivity contribution in [1.29, 1.82) is 0 Å². The van der Waals surface area contributed by atoms with Crippen molar-refractivity contribution < 1.29 is 9.53 Å². The zero-order chi connectivity index (χ0) is 13.0.